The number of nitrogens with one attached hydrogen (secondary N) is 1. The minimum absolute atomic E-state index is 0.144. The topological polar surface area (TPSA) is 37.3 Å². The third-order valence-electron chi connectivity index (χ3n) is 4.18. The number of aryl methyl sites for hydroxylation is 1. The summed E-state index contributed by atoms with van der Waals surface area (Å²) in [6, 6.07) is 1.91. The van der Waals surface area contributed by atoms with E-state index in [1.807, 2.05) is 28.8 Å². The average Bonchev–Trinajstić information content (AvgIpc) is 2.80. The second-order valence-electron chi connectivity index (χ2n) is 5.43. The lowest BCUT2D eigenvalue weighted by Crippen LogP contribution is -2.51. The third-order valence-corrected chi connectivity index (χ3v) is 4.61. The van der Waals surface area contributed by atoms with Gasteiger partial charge in [-0.1, -0.05) is 0 Å². The fourth-order valence-corrected chi connectivity index (χ4v) is 2.99. The first-order chi connectivity index (χ1) is 8.99. The van der Waals surface area contributed by atoms with Crippen LogP contribution in [0.5, 0.6) is 0 Å². The van der Waals surface area contributed by atoms with Crippen LogP contribution in [0.3, 0.4) is 0 Å². The van der Waals surface area contributed by atoms with Crippen LogP contribution in [0.2, 0.25) is 0 Å². The minimum atomic E-state index is 0.144. The molecule has 106 valence electrons. The number of halogens is 1. The summed E-state index contributed by atoms with van der Waals surface area (Å²) < 4.78 is 2.97. The maximum Gasteiger partial charge on any atom is 0.270 e. The summed E-state index contributed by atoms with van der Waals surface area (Å²) in [5.41, 5.74) is 0.951. The van der Waals surface area contributed by atoms with Crippen LogP contribution in [0.15, 0.2) is 16.7 Å². The van der Waals surface area contributed by atoms with Crippen LogP contribution < -0.4 is 5.32 Å². The van der Waals surface area contributed by atoms with Gasteiger partial charge in [0.15, 0.2) is 0 Å². The van der Waals surface area contributed by atoms with E-state index in [4.69, 9.17) is 0 Å². The molecule has 4 nitrogen and oxygen atoms in total. The quantitative estimate of drug-likeness (QED) is 0.926. The second kappa shape index (κ2) is 5.67. The highest BCUT2D eigenvalue weighted by Gasteiger charge is 2.31. The number of hydrogen-bond donors (Lipinski definition) is 1. The molecule has 1 N–H and O–H groups in total. The van der Waals surface area contributed by atoms with Crippen LogP contribution >= 0.6 is 15.9 Å². The van der Waals surface area contributed by atoms with E-state index in [0.29, 0.717) is 0 Å². The molecule has 0 radical (unpaired) electrons. The van der Waals surface area contributed by atoms with Crippen molar-refractivity contribution in [2.24, 2.45) is 0 Å². The Morgan fingerprint density at radius 3 is 2.63 bits per heavy atom. The lowest BCUT2D eigenvalue weighted by atomic mass is 9.90. The van der Waals surface area contributed by atoms with E-state index in [-0.39, 0.29) is 11.4 Å². The van der Waals surface area contributed by atoms with Crippen LogP contribution in [-0.2, 0) is 6.54 Å². The molecule has 2 rings (SSSR count). The Labute approximate surface area is 123 Å². The molecule has 0 saturated carbocycles. The van der Waals surface area contributed by atoms with Gasteiger partial charge in [-0.3, -0.25) is 4.79 Å². The first-order valence-electron chi connectivity index (χ1n) is 6.83. The Balaban J connectivity index is 2.09. The van der Waals surface area contributed by atoms with Gasteiger partial charge in [0.2, 0.25) is 0 Å². The fourth-order valence-electron chi connectivity index (χ4n) is 2.53. The Bertz CT molecular complexity index is 461. The minimum Gasteiger partial charge on any atom is -0.343 e. The molecule has 1 aliphatic heterocycles. The van der Waals surface area contributed by atoms with Crippen molar-refractivity contribution in [1.82, 2.24) is 14.8 Å². The fraction of sp³-hybridized carbons (Fsp3) is 0.643. The van der Waals surface area contributed by atoms with Gasteiger partial charge in [-0.25, -0.2) is 0 Å². The van der Waals surface area contributed by atoms with Gasteiger partial charge >= 0.3 is 0 Å². The van der Waals surface area contributed by atoms with E-state index in [9.17, 15) is 4.79 Å². The summed E-state index contributed by atoms with van der Waals surface area (Å²) >= 11 is 3.44. The highest BCUT2D eigenvalue weighted by atomic mass is 79.9. The monoisotopic (exact) mass is 327 g/mol. The van der Waals surface area contributed by atoms with Crippen molar-refractivity contribution in [3.05, 3.63) is 22.4 Å². The maximum atomic E-state index is 12.6. The Kier molecular flexibility index (Phi) is 4.36. The van der Waals surface area contributed by atoms with E-state index >= 15 is 0 Å². The lowest BCUT2D eigenvalue weighted by Gasteiger charge is -2.39. The Morgan fingerprint density at radius 1 is 1.47 bits per heavy atom. The van der Waals surface area contributed by atoms with E-state index in [1.54, 1.807) is 0 Å². The van der Waals surface area contributed by atoms with Crippen LogP contribution in [0.4, 0.5) is 0 Å². The number of amides is 1. The van der Waals surface area contributed by atoms with Gasteiger partial charge in [0, 0.05) is 35.8 Å². The first kappa shape index (κ1) is 14.6. The molecule has 5 heteroatoms. The standard InChI is InChI=1S/C14H22BrN3O/c1-4-17-10-11(15)9-12(17)13(19)18-7-5-14(2,16-3)6-8-18/h9-10,16H,4-8H2,1-3H3. The average molecular weight is 328 g/mol. The molecule has 0 unspecified atom stereocenters. The van der Waals surface area contributed by atoms with E-state index in [1.165, 1.54) is 0 Å². The highest BCUT2D eigenvalue weighted by molar-refractivity contribution is 9.10. The van der Waals surface area contributed by atoms with Gasteiger partial charge in [-0.05, 0) is 55.7 Å². The molecular formula is C14H22BrN3O. The molecule has 0 aromatic carbocycles. The zero-order chi connectivity index (χ0) is 14.0. The van der Waals surface area contributed by atoms with Crippen LogP contribution in [0.1, 0.15) is 37.2 Å². The van der Waals surface area contributed by atoms with Crippen molar-refractivity contribution in [3.63, 3.8) is 0 Å². The number of nitrogens with zero attached hydrogens (tertiary/aromatic N) is 2. The predicted molar refractivity (Wildman–Crippen MR) is 80.4 cm³/mol. The molecule has 1 aliphatic rings. The Hall–Kier alpha value is -0.810. The maximum absolute atomic E-state index is 12.6. The Morgan fingerprint density at radius 2 is 2.11 bits per heavy atom. The SMILES string of the molecule is CCn1cc(Br)cc1C(=O)N1CCC(C)(NC)CC1. The molecule has 1 aromatic heterocycles. The van der Waals surface area contributed by atoms with E-state index < -0.39 is 0 Å². The van der Waals surface area contributed by atoms with Gasteiger partial charge in [0.05, 0.1) is 0 Å². The number of carbonyl (C=O) groups is 1. The lowest BCUT2D eigenvalue weighted by molar-refractivity contribution is 0.0651. The van der Waals surface area contributed by atoms with Crippen molar-refractivity contribution >= 4 is 21.8 Å². The van der Waals surface area contributed by atoms with Crippen molar-refractivity contribution in [1.29, 1.82) is 0 Å². The molecule has 0 atom stereocenters. The highest BCUT2D eigenvalue weighted by Crippen LogP contribution is 2.23. The van der Waals surface area contributed by atoms with Gasteiger partial charge in [0.1, 0.15) is 5.69 Å². The molecule has 0 aliphatic carbocycles. The number of aromatic nitrogens is 1. The van der Waals surface area contributed by atoms with E-state index in [0.717, 1.165) is 42.6 Å². The van der Waals surface area contributed by atoms with E-state index in [2.05, 4.69) is 35.1 Å². The normalized spacial score (nSPS) is 18.6. The summed E-state index contributed by atoms with van der Waals surface area (Å²) in [4.78, 5) is 14.5. The summed E-state index contributed by atoms with van der Waals surface area (Å²) in [6.07, 6.45) is 3.97. The number of likely N-dealkylation sites (tertiary alicyclic amines) is 1. The molecule has 1 amide bonds. The van der Waals surface area contributed by atoms with Gasteiger partial charge in [-0.15, -0.1) is 0 Å². The smallest absolute Gasteiger partial charge is 0.270 e. The van der Waals surface area contributed by atoms with Crippen LogP contribution in [0, 0.1) is 0 Å². The molecular weight excluding hydrogens is 306 g/mol. The van der Waals surface area contributed by atoms with Crippen LogP contribution in [-0.4, -0.2) is 41.1 Å². The van der Waals surface area contributed by atoms with Crippen molar-refractivity contribution in [3.8, 4) is 0 Å². The number of piperidine rings is 1. The zero-order valence-corrected chi connectivity index (χ0v) is 13.5. The molecule has 2 heterocycles. The van der Waals surface area contributed by atoms with Crippen molar-refractivity contribution in [2.75, 3.05) is 20.1 Å². The number of carbonyl (C=O) groups excluding carboxylic acids is 1. The summed E-state index contributed by atoms with van der Waals surface area (Å²) in [5.74, 6) is 0.144. The van der Waals surface area contributed by atoms with Gasteiger partial charge in [-0.2, -0.15) is 0 Å². The molecule has 19 heavy (non-hydrogen) atoms. The molecule has 1 saturated heterocycles. The van der Waals surface area contributed by atoms with Gasteiger partial charge in [0.25, 0.3) is 5.91 Å². The van der Waals surface area contributed by atoms with Crippen molar-refractivity contribution in [2.45, 2.75) is 38.8 Å². The molecule has 1 aromatic rings. The van der Waals surface area contributed by atoms with Crippen LogP contribution in [0.25, 0.3) is 0 Å². The van der Waals surface area contributed by atoms with Crippen molar-refractivity contribution < 1.29 is 4.79 Å². The first-order valence-corrected chi connectivity index (χ1v) is 7.62. The zero-order valence-electron chi connectivity index (χ0n) is 11.9. The predicted octanol–water partition coefficient (Wildman–Crippen LogP) is 2.48. The molecule has 0 spiro atoms. The summed E-state index contributed by atoms with van der Waals surface area (Å²) in [6.45, 7) is 6.73. The summed E-state index contributed by atoms with van der Waals surface area (Å²) in [7, 11) is 2.00. The largest absolute Gasteiger partial charge is 0.343 e. The van der Waals surface area contributed by atoms with Gasteiger partial charge < -0.3 is 14.8 Å². The molecule has 1 fully saturated rings. The molecule has 0 bridgehead atoms. The summed E-state index contributed by atoms with van der Waals surface area (Å²) in [5, 5.41) is 3.36. The second-order valence-corrected chi connectivity index (χ2v) is 6.35. The number of hydrogen-bond acceptors (Lipinski definition) is 2. The number of rotatable bonds is 3. The third kappa shape index (κ3) is 3.03.